The van der Waals surface area contributed by atoms with Crippen LogP contribution in [0.2, 0.25) is 0 Å². The molecule has 0 aliphatic rings. The molecule has 1 aromatic carbocycles. The van der Waals surface area contributed by atoms with Crippen LogP contribution < -0.4 is 5.73 Å². The van der Waals surface area contributed by atoms with Crippen LogP contribution in [0.25, 0.3) is 11.3 Å². The Bertz CT molecular complexity index is 743. The molecular weight excluding hydrogens is 349 g/mol. The van der Waals surface area contributed by atoms with Crippen LogP contribution in [0.5, 0.6) is 0 Å². The van der Waals surface area contributed by atoms with E-state index in [1.165, 1.54) is 10.7 Å². The van der Waals surface area contributed by atoms with Crippen molar-refractivity contribution < 1.29 is 12.8 Å². The number of hydrogen-bond donors (Lipinski definition) is 1. The summed E-state index contributed by atoms with van der Waals surface area (Å²) in [6.45, 7) is 0.228. The first-order valence-electron chi connectivity index (χ1n) is 5.72. The number of nitrogen functional groups attached to an aromatic ring is 1. The van der Waals surface area contributed by atoms with E-state index in [0.717, 1.165) is 6.26 Å². The van der Waals surface area contributed by atoms with E-state index in [1.807, 2.05) is 0 Å². The van der Waals surface area contributed by atoms with E-state index < -0.39 is 9.84 Å². The van der Waals surface area contributed by atoms with Crippen LogP contribution in [-0.2, 0) is 16.4 Å². The first-order chi connectivity index (χ1) is 9.26. The lowest BCUT2D eigenvalue weighted by molar-refractivity contribution is 0.586. The Balaban J connectivity index is 2.29. The molecule has 0 bridgehead atoms. The van der Waals surface area contributed by atoms with Crippen molar-refractivity contribution in [1.82, 2.24) is 9.78 Å². The molecule has 1 heterocycles. The van der Waals surface area contributed by atoms with Gasteiger partial charge in [-0.05, 0) is 34.1 Å². The van der Waals surface area contributed by atoms with Crippen LogP contribution >= 0.6 is 15.9 Å². The maximum Gasteiger partial charge on any atom is 0.149 e. The zero-order valence-electron chi connectivity index (χ0n) is 10.7. The number of rotatable bonds is 4. The predicted molar refractivity (Wildman–Crippen MR) is 79.4 cm³/mol. The number of sulfone groups is 1. The fraction of sp³-hybridized carbons (Fsp3) is 0.250. The molecule has 0 unspecified atom stereocenters. The average molecular weight is 362 g/mol. The smallest absolute Gasteiger partial charge is 0.149 e. The van der Waals surface area contributed by atoms with Crippen molar-refractivity contribution in [2.75, 3.05) is 17.7 Å². The standard InChI is InChI=1S/C12H13BrFN3O2S/c1-20(18,19)5-4-17-7-11(15)12(16-17)8-2-3-10(14)9(13)6-8/h2-3,6-7H,4-5,15H2,1H3. The van der Waals surface area contributed by atoms with Gasteiger partial charge in [0.2, 0.25) is 0 Å². The Morgan fingerprint density at radius 1 is 1.45 bits per heavy atom. The molecule has 0 amide bonds. The lowest BCUT2D eigenvalue weighted by Crippen LogP contribution is -2.11. The lowest BCUT2D eigenvalue weighted by atomic mass is 10.1. The molecule has 1 aromatic heterocycles. The highest BCUT2D eigenvalue weighted by Gasteiger charge is 2.11. The van der Waals surface area contributed by atoms with Gasteiger partial charge in [0.15, 0.2) is 0 Å². The number of hydrogen-bond acceptors (Lipinski definition) is 4. The van der Waals surface area contributed by atoms with Crippen LogP contribution in [0.1, 0.15) is 0 Å². The highest BCUT2D eigenvalue weighted by molar-refractivity contribution is 9.10. The second-order valence-corrected chi connectivity index (χ2v) is 7.57. The Morgan fingerprint density at radius 3 is 2.75 bits per heavy atom. The molecule has 5 nitrogen and oxygen atoms in total. The van der Waals surface area contributed by atoms with Crippen molar-refractivity contribution in [1.29, 1.82) is 0 Å². The molecule has 0 aliphatic heterocycles. The monoisotopic (exact) mass is 361 g/mol. The molecule has 0 radical (unpaired) electrons. The van der Waals surface area contributed by atoms with Crippen molar-refractivity contribution in [2.45, 2.75) is 6.54 Å². The summed E-state index contributed by atoms with van der Waals surface area (Å²) in [4.78, 5) is 0. The minimum atomic E-state index is -3.06. The van der Waals surface area contributed by atoms with Gasteiger partial charge in [0, 0.05) is 18.0 Å². The van der Waals surface area contributed by atoms with Crippen molar-refractivity contribution in [3.63, 3.8) is 0 Å². The molecule has 0 atom stereocenters. The molecule has 2 rings (SSSR count). The summed E-state index contributed by atoms with van der Waals surface area (Å²) < 4.78 is 37.3. The summed E-state index contributed by atoms with van der Waals surface area (Å²) in [5.41, 5.74) is 7.43. The Morgan fingerprint density at radius 2 is 2.15 bits per heavy atom. The summed E-state index contributed by atoms with van der Waals surface area (Å²) in [6, 6.07) is 4.46. The van der Waals surface area contributed by atoms with E-state index in [-0.39, 0.29) is 18.1 Å². The van der Waals surface area contributed by atoms with Gasteiger partial charge < -0.3 is 5.73 Å². The number of anilines is 1. The van der Waals surface area contributed by atoms with Gasteiger partial charge in [-0.1, -0.05) is 0 Å². The SMILES string of the molecule is CS(=O)(=O)CCn1cc(N)c(-c2ccc(F)c(Br)c2)n1. The van der Waals surface area contributed by atoms with E-state index in [0.29, 0.717) is 21.4 Å². The molecule has 108 valence electrons. The van der Waals surface area contributed by atoms with Crippen LogP contribution in [0.15, 0.2) is 28.9 Å². The van der Waals surface area contributed by atoms with E-state index in [4.69, 9.17) is 5.73 Å². The van der Waals surface area contributed by atoms with Crippen molar-refractivity contribution in [3.8, 4) is 11.3 Å². The fourth-order valence-electron chi connectivity index (χ4n) is 1.68. The van der Waals surface area contributed by atoms with E-state index in [1.54, 1.807) is 18.3 Å². The maximum atomic E-state index is 13.2. The maximum absolute atomic E-state index is 13.2. The quantitative estimate of drug-likeness (QED) is 0.903. The number of nitrogens with two attached hydrogens (primary N) is 1. The molecule has 8 heteroatoms. The number of halogens is 2. The number of aryl methyl sites for hydroxylation is 1. The lowest BCUT2D eigenvalue weighted by Gasteiger charge is -2.01. The predicted octanol–water partition coefficient (Wildman–Crippen LogP) is 2.08. The van der Waals surface area contributed by atoms with Crippen LogP contribution in [0.4, 0.5) is 10.1 Å². The Hall–Kier alpha value is -1.41. The van der Waals surface area contributed by atoms with Crippen molar-refractivity contribution in [2.24, 2.45) is 0 Å². The second kappa shape index (κ2) is 5.53. The number of aromatic nitrogens is 2. The summed E-state index contributed by atoms with van der Waals surface area (Å²) in [7, 11) is -3.06. The van der Waals surface area contributed by atoms with Crippen molar-refractivity contribution in [3.05, 3.63) is 34.7 Å². The summed E-state index contributed by atoms with van der Waals surface area (Å²) in [5, 5.41) is 4.24. The van der Waals surface area contributed by atoms with Gasteiger partial charge in [-0.15, -0.1) is 0 Å². The third-order valence-corrected chi connectivity index (χ3v) is 4.21. The van der Waals surface area contributed by atoms with Gasteiger partial charge in [-0.3, -0.25) is 4.68 Å². The molecule has 0 spiro atoms. The highest BCUT2D eigenvalue weighted by Crippen LogP contribution is 2.27. The molecule has 20 heavy (non-hydrogen) atoms. The topological polar surface area (TPSA) is 78.0 Å². The summed E-state index contributed by atoms with van der Waals surface area (Å²) >= 11 is 3.10. The number of nitrogens with zero attached hydrogens (tertiary/aromatic N) is 2. The van der Waals surface area contributed by atoms with Gasteiger partial charge >= 0.3 is 0 Å². The zero-order valence-corrected chi connectivity index (χ0v) is 13.1. The first kappa shape index (κ1) is 15.0. The van der Waals surface area contributed by atoms with E-state index >= 15 is 0 Å². The molecule has 0 saturated heterocycles. The largest absolute Gasteiger partial charge is 0.396 e. The number of benzene rings is 1. The molecule has 2 aromatic rings. The third-order valence-electron chi connectivity index (χ3n) is 2.67. The highest BCUT2D eigenvalue weighted by atomic mass is 79.9. The molecule has 0 fully saturated rings. The Labute approximate surface area is 124 Å². The van der Waals surface area contributed by atoms with Gasteiger partial charge in [0.1, 0.15) is 21.3 Å². The van der Waals surface area contributed by atoms with Crippen molar-refractivity contribution >= 4 is 31.5 Å². The third kappa shape index (κ3) is 3.57. The average Bonchev–Trinajstić information content (AvgIpc) is 2.71. The zero-order chi connectivity index (χ0) is 14.9. The van der Waals surface area contributed by atoms with E-state index in [2.05, 4.69) is 21.0 Å². The molecular formula is C12H13BrFN3O2S. The fourth-order valence-corrected chi connectivity index (χ4v) is 2.58. The first-order valence-corrected chi connectivity index (χ1v) is 8.58. The van der Waals surface area contributed by atoms with Crippen LogP contribution in [-0.4, -0.2) is 30.2 Å². The Kier molecular flexibility index (Phi) is 4.14. The second-order valence-electron chi connectivity index (χ2n) is 4.45. The minimum absolute atomic E-state index is 0.0132. The molecule has 2 N–H and O–H groups in total. The van der Waals surface area contributed by atoms with Gasteiger partial charge in [-0.2, -0.15) is 5.10 Å². The minimum Gasteiger partial charge on any atom is -0.396 e. The molecule has 0 aliphatic carbocycles. The van der Waals surface area contributed by atoms with Gasteiger partial charge in [0.05, 0.1) is 22.5 Å². The van der Waals surface area contributed by atoms with Crippen LogP contribution in [0, 0.1) is 5.82 Å². The van der Waals surface area contributed by atoms with Gasteiger partial charge in [0.25, 0.3) is 0 Å². The summed E-state index contributed by atoms with van der Waals surface area (Å²) in [5.74, 6) is -0.385. The van der Waals surface area contributed by atoms with Gasteiger partial charge in [-0.25, -0.2) is 12.8 Å². The molecule has 0 saturated carbocycles. The normalized spacial score (nSPS) is 11.8. The van der Waals surface area contributed by atoms with E-state index in [9.17, 15) is 12.8 Å². The van der Waals surface area contributed by atoms with Crippen LogP contribution in [0.3, 0.4) is 0 Å². The summed E-state index contributed by atoms with van der Waals surface area (Å²) in [6.07, 6.45) is 2.73.